The first-order chi connectivity index (χ1) is 18.5. The molecule has 0 spiro atoms. The average molecular weight is 540 g/mol. The molecular weight excluding hydrogens is 502 g/mol. The van der Waals surface area contributed by atoms with Gasteiger partial charge in [-0.3, -0.25) is 4.90 Å². The van der Waals surface area contributed by atoms with Crippen molar-refractivity contribution in [3.05, 3.63) is 34.6 Å². The Kier molecular flexibility index (Phi) is 7.28. The first-order valence-electron chi connectivity index (χ1n) is 13.7. The predicted molar refractivity (Wildman–Crippen MR) is 152 cm³/mol. The Labute approximate surface area is 228 Å². The average Bonchev–Trinajstić information content (AvgIpc) is 3.66. The fourth-order valence-electron chi connectivity index (χ4n) is 5.55. The zero-order valence-corrected chi connectivity index (χ0v) is 22.8. The summed E-state index contributed by atoms with van der Waals surface area (Å²) in [5.41, 5.74) is 16.3. The molecule has 1 saturated carbocycles. The number of aromatic nitrogens is 4. The molecule has 2 aromatic heterocycles. The van der Waals surface area contributed by atoms with Gasteiger partial charge in [0.15, 0.2) is 11.5 Å². The van der Waals surface area contributed by atoms with Gasteiger partial charge in [-0.25, -0.2) is 9.50 Å². The van der Waals surface area contributed by atoms with E-state index in [0.29, 0.717) is 47.6 Å². The minimum atomic E-state index is 0.331. The summed E-state index contributed by atoms with van der Waals surface area (Å²) in [7, 11) is 2.21. The SMILES string of the molecule is CN1CCC(N2CCN(c3cc(CN)cc(Nc4nc(NC5CC5)c5ncc(CN)n5n4)c3Cl)CC2)CC1. The molecule has 3 aliphatic rings. The fourth-order valence-corrected chi connectivity index (χ4v) is 5.83. The smallest absolute Gasteiger partial charge is 0.247 e. The molecule has 0 radical (unpaired) electrons. The highest BCUT2D eigenvalue weighted by molar-refractivity contribution is 6.36. The lowest BCUT2D eigenvalue weighted by molar-refractivity contribution is 0.115. The Balaban J connectivity index is 1.24. The Bertz CT molecular complexity index is 1270. The van der Waals surface area contributed by atoms with Gasteiger partial charge in [-0.1, -0.05) is 11.6 Å². The van der Waals surface area contributed by atoms with Gasteiger partial charge < -0.3 is 31.9 Å². The molecule has 3 aromatic rings. The summed E-state index contributed by atoms with van der Waals surface area (Å²) in [6, 6.07) is 5.21. The van der Waals surface area contributed by atoms with Crippen LogP contribution in [0.5, 0.6) is 0 Å². The van der Waals surface area contributed by atoms with E-state index in [1.165, 1.54) is 25.9 Å². The van der Waals surface area contributed by atoms with Crippen LogP contribution >= 0.6 is 11.6 Å². The monoisotopic (exact) mass is 539 g/mol. The number of nitrogens with one attached hydrogen (secondary N) is 2. The summed E-state index contributed by atoms with van der Waals surface area (Å²) in [5, 5.41) is 12.2. The van der Waals surface area contributed by atoms with E-state index < -0.39 is 0 Å². The number of anilines is 4. The van der Waals surface area contributed by atoms with Crippen molar-refractivity contribution in [2.45, 2.75) is 50.9 Å². The van der Waals surface area contributed by atoms with Crippen molar-refractivity contribution in [3.63, 3.8) is 0 Å². The number of nitrogens with zero attached hydrogens (tertiary/aromatic N) is 7. The van der Waals surface area contributed by atoms with Crippen LogP contribution < -0.4 is 27.0 Å². The van der Waals surface area contributed by atoms with E-state index in [2.05, 4.69) is 43.4 Å². The van der Waals surface area contributed by atoms with Crippen LogP contribution in [0.2, 0.25) is 5.02 Å². The van der Waals surface area contributed by atoms with Crippen molar-refractivity contribution in [2.75, 3.05) is 61.8 Å². The molecule has 12 heteroatoms. The van der Waals surface area contributed by atoms with Crippen LogP contribution in [-0.4, -0.2) is 87.8 Å². The molecule has 2 aliphatic heterocycles. The lowest BCUT2D eigenvalue weighted by atomic mass is 10.0. The van der Waals surface area contributed by atoms with Gasteiger partial charge in [0.05, 0.1) is 28.3 Å². The highest BCUT2D eigenvalue weighted by Crippen LogP contribution is 2.37. The molecule has 3 fully saturated rings. The molecule has 6 N–H and O–H groups in total. The maximum absolute atomic E-state index is 7.04. The lowest BCUT2D eigenvalue weighted by Gasteiger charge is -2.43. The zero-order chi connectivity index (χ0) is 26.2. The van der Waals surface area contributed by atoms with Crippen LogP contribution in [0.3, 0.4) is 0 Å². The highest BCUT2D eigenvalue weighted by Gasteiger charge is 2.28. The highest BCUT2D eigenvalue weighted by atomic mass is 35.5. The van der Waals surface area contributed by atoms with Crippen LogP contribution in [0.15, 0.2) is 18.3 Å². The van der Waals surface area contributed by atoms with Crippen LogP contribution in [0, 0.1) is 0 Å². The number of hydrogen-bond donors (Lipinski definition) is 4. The minimum Gasteiger partial charge on any atom is -0.368 e. The maximum atomic E-state index is 7.04. The van der Waals surface area contributed by atoms with Gasteiger partial charge in [0, 0.05) is 51.4 Å². The quantitative estimate of drug-likeness (QED) is 0.338. The molecule has 4 heterocycles. The van der Waals surface area contributed by atoms with Crippen LogP contribution in [-0.2, 0) is 13.1 Å². The molecule has 0 amide bonds. The molecule has 0 unspecified atom stereocenters. The molecule has 38 heavy (non-hydrogen) atoms. The van der Waals surface area contributed by atoms with Crippen molar-refractivity contribution in [2.24, 2.45) is 11.5 Å². The van der Waals surface area contributed by atoms with Crippen molar-refractivity contribution in [3.8, 4) is 0 Å². The van der Waals surface area contributed by atoms with Crippen molar-refractivity contribution in [1.29, 1.82) is 0 Å². The Morgan fingerprint density at radius 2 is 1.76 bits per heavy atom. The van der Waals surface area contributed by atoms with Gasteiger partial charge >= 0.3 is 0 Å². The number of piperazine rings is 1. The number of rotatable bonds is 8. The van der Waals surface area contributed by atoms with Crippen LogP contribution in [0.1, 0.15) is 36.9 Å². The van der Waals surface area contributed by atoms with Gasteiger partial charge in [0.1, 0.15) is 0 Å². The molecule has 1 aliphatic carbocycles. The third-order valence-corrected chi connectivity index (χ3v) is 8.41. The molecule has 0 bridgehead atoms. The third-order valence-electron chi connectivity index (χ3n) is 8.01. The Morgan fingerprint density at radius 1 is 1.00 bits per heavy atom. The van der Waals surface area contributed by atoms with Gasteiger partial charge in [-0.15, -0.1) is 5.10 Å². The van der Waals surface area contributed by atoms with Crippen LogP contribution in [0.4, 0.5) is 23.1 Å². The fraction of sp³-hybridized carbons (Fsp3) is 0.577. The molecule has 1 aromatic carbocycles. The topological polar surface area (TPSA) is 129 Å². The molecular formula is C26H38ClN11. The first-order valence-corrected chi connectivity index (χ1v) is 14.1. The second-order valence-electron chi connectivity index (χ2n) is 10.8. The van der Waals surface area contributed by atoms with Crippen LogP contribution in [0.25, 0.3) is 5.65 Å². The summed E-state index contributed by atoms with van der Waals surface area (Å²) >= 11 is 7.04. The maximum Gasteiger partial charge on any atom is 0.247 e. The largest absolute Gasteiger partial charge is 0.368 e. The van der Waals surface area contributed by atoms with Crippen molar-refractivity contribution >= 4 is 40.4 Å². The van der Waals surface area contributed by atoms with E-state index in [1.807, 2.05) is 6.07 Å². The molecule has 6 rings (SSSR count). The summed E-state index contributed by atoms with van der Waals surface area (Å²) in [6.07, 6.45) is 6.50. The normalized spacial score (nSPS) is 19.8. The second kappa shape index (κ2) is 10.8. The van der Waals surface area contributed by atoms with E-state index in [-0.39, 0.29) is 0 Å². The molecule has 204 valence electrons. The number of nitrogens with two attached hydrogens (primary N) is 2. The standard InChI is InChI=1S/C26H38ClN11/c1-35-6-4-19(5-7-35)36-8-10-37(11-9-36)22-13-17(14-28)12-21(23(22)27)32-26-33-24(31-18-2-3-18)25-30-16-20(15-29)38(25)34-26/h12-13,16,18-19H,2-11,14-15,28-29H2,1H3,(H2,31,32,33,34). The predicted octanol–water partition coefficient (Wildman–Crippen LogP) is 2.23. The number of benzene rings is 1. The molecule has 11 nitrogen and oxygen atoms in total. The van der Waals surface area contributed by atoms with Crippen molar-refractivity contribution in [1.82, 2.24) is 29.4 Å². The number of hydrogen-bond acceptors (Lipinski definition) is 10. The van der Waals surface area contributed by atoms with Gasteiger partial charge in [0.2, 0.25) is 5.95 Å². The summed E-state index contributed by atoms with van der Waals surface area (Å²) in [4.78, 5) is 16.7. The van der Waals surface area contributed by atoms with Gasteiger partial charge in [-0.05, 0) is 63.5 Å². The van der Waals surface area contributed by atoms with Gasteiger partial charge in [-0.2, -0.15) is 4.98 Å². The number of fused-ring (bicyclic) bond motifs is 1. The van der Waals surface area contributed by atoms with Gasteiger partial charge in [0.25, 0.3) is 0 Å². The van der Waals surface area contributed by atoms with E-state index in [1.54, 1.807) is 10.7 Å². The van der Waals surface area contributed by atoms with Crippen molar-refractivity contribution < 1.29 is 0 Å². The number of halogens is 1. The second-order valence-corrected chi connectivity index (χ2v) is 11.1. The Hall–Kier alpha value is -2.70. The summed E-state index contributed by atoms with van der Waals surface area (Å²) in [6.45, 7) is 7.07. The lowest BCUT2D eigenvalue weighted by Crippen LogP contribution is -2.53. The molecule has 2 saturated heterocycles. The third kappa shape index (κ3) is 5.26. The number of imidazole rings is 1. The Morgan fingerprint density at radius 3 is 2.45 bits per heavy atom. The van der Waals surface area contributed by atoms with E-state index in [9.17, 15) is 0 Å². The van der Waals surface area contributed by atoms with E-state index in [4.69, 9.17) is 33.2 Å². The first kappa shape index (κ1) is 25.6. The van der Waals surface area contributed by atoms with E-state index in [0.717, 1.165) is 61.7 Å². The number of likely N-dealkylation sites (tertiary alicyclic amines) is 1. The number of piperidine rings is 1. The zero-order valence-electron chi connectivity index (χ0n) is 22.0. The summed E-state index contributed by atoms with van der Waals surface area (Å²) in [5.74, 6) is 1.13. The molecule has 0 atom stereocenters. The minimum absolute atomic E-state index is 0.331. The van der Waals surface area contributed by atoms with E-state index >= 15 is 0 Å². The summed E-state index contributed by atoms with van der Waals surface area (Å²) < 4.78 is 1.75.